The second-order valence-electron chi connectivity index (χ2n) is 3.94. The number of methoxy groups -OCH3 is 2. The van der Waals surface area contributed by atoms with Gasteiger partial charge in [0.2, 0.25) is 0 Å². The lowest BCUT2D eigenvalue weighted by atomic mass is 10.2. The Morgan fingerprint density at radius 3 is 2.55 bits per heavy atom. The highest BCUT2D eigenvalue weighted by molar-refractivity contribution is 6.16. The summed E-state index contributed by atoms with van der Waals surface area (Å²) in [6.45, 7) is -0.0990. The third-order valence-corrected chi connectivity index (χ3v) is 3.13. The molecule has 0 amide bonds. The number of fused-ring (bicyclic) bond motifs is 1. The van der Waals surface area contributed by atoms with Gasteiger partial charge in [0.05, 0.1) is 37.1 Å². The first-order valence-corrected chi connectivity index (χ1v) is 6.28. The monoisotopic (exact) mass is 293 g/mol. The van der Waals surface area contributed by atoms with Gasteiger partial charge in [0.15, 0.2) is 11.5 Å². The molecule has 1 aromatic carbocycles. The standard InChI is InChI=1S/C13H12ClN3O3/c1-19-10-5-8-9(6-11(10)20-2)16-12(7-14)17(4-3-15)13(8)18/h5-6H,4,7H2,1-2H3. The first-order chi connectivity index (χ1) is 9.65. The number of hydrogen-bond acceptors (Lipinski definition) is 5. The van der Waals surface area contributed by atoms with Gasteiger partial charge in [0, 0.05) is 6.07 Å². The Hall–Kier alpha value is -2.26. The molecule has 0 aliphatic carbocycles. The molecule has 0 saturated carbocycles. The Bertz CT molecular complexity index is 749. The molecule has 0 aliphatic rings. The van der Waals surface area contributed by atoms with Gasteiger partial charge >= 0.3 is 0 Å². The predicted molar refractivity (Wildman–Crippen MR) is 74.3 cm³/mol. The van der Waals surface area contributed by atoms with Crippen molar-refractivity contribution >= 4 is 22.5 Å². The number of nitrogens with zero attached hydrogens (tertiary/aromatic N) is 3. The van der Waals surface area contributed by atoms with Gasteiger partial charge in [-0.15, -0.1) is 11.6 Å². The quantitative estimate of drug-likeness (QED) is 0.802. The summed E-state index contributed by atoms with van der Waals surface area (Å²) in [5.74, 6) is 1.30. The number of hydrogen-bond donors (Lipinski definition) is 0. The molecule has 0 saturated heterocycles. The minimum absolute atomic E-state index is 0.0429. The molecule has 0 N–H and O–H groups in total. The molecule has 20 heavy (non-hydrogen) atoms. The van der Waals surface area contributed by atoms with Crippen molar-refractivity contribution in [1.82, 2.24) is 9.55 Å². The van der Waals surface area contributed by atoms with Crippen LogP contribution in [0.25, 0.3) is 10.9 Å². The normalized spacial score (nSPS) is 10.3. The maximum Gasteiger partial charge on any atom is 0.262 e. The lowest BCUT2D eigenvalue weighted by molar-refractivity contribution is 0.355. The molecule has 1 aromatic heterocycles. The highest BCUT2D eigenvalue weighted by Crippen LogP contribution is 2.30. The van der Waals surface area contributed by atoms with Crippen molar-refractivity contribution < 1.29 is 9.47 Å². The van der Waals surface area contributed by atoms with E-state index in [4.69, 9.17) is 26.3 Å². The van der Waals surface area contributed by atoms with Gasteiger partial charge in [-0.3, -0.25) is 9.36 Å². The van der Waals surface area contributed by atoms with Crippen LogP contribution in [0.5, 0.6) is 11.5 Å². The van der Waals surface area contributed by atoms with Gasteiger partial charge in [-0.1, -0.05) is 0 Å². The molecule has 2 aromatic rings. The van der Waals surface area contributed by atoms with E-state index in [0.717, 1.165) is 0 Å². The van der Waals surface area contributed by atoms with E-state index in [1.54, 1.807) is 12.1 Å². The Morgan fingerprint density at radius 1 is 1.35 bits per heavy atom. The smallest absolute Gasteiger partial charge is 0.262 e. The average Bonchev–Trinajstić information content (AvgIpc) is 2.48. The van der Waals surface area contributed by atoms with E-state index in [2.05, 4.69) is 4.98 Å². The molecule has 1 heterocycles. The minimum Gasteiger partial charge on any atom is -0.493 e. The van der Waals surface area contributed by atoms with Gasteiger partial charge in [-0.05, 0) is 6.07 Å². The molecule has 0 aliphatic heterocycles. The van der Waals surface area contributed by atoms with Crippen LogP contribution in [0.1, 0.15) is 5.82 Å². The Morgan fingerprint density at radius 2 is 2.00 bits per heavy atom. The molecular formula is C13H12ClN3O3. The van der Waals surface area contributed by atoms with E-state index in [-0.39, 0.29) is 18.0 Å². The molecule has 7 heteroatoms. The summed E-state index contributed by atoms with van der Waals surface area (Å²) in [5.41, 5.74) is 0.130. The molecule has 104 valence electrons. The molecular weight excluding hydrogens is 282 g/mol. The third kappa shape index (κ3) is 2.28. The van der Waals surface area contributed by atoms with Crippen LogP contribution >= 0.6 is 11.6 Å². The summed E-state index contributed by atoms with van der Waals surface area (Å²) >= 11 is 5.78. The zero-order valence-electron chi connectivity index (χ0n) is 11.0. The second kappa shape index (κ2) is 5.80. The predicted octanol–water partition coefficient (Wildman–Crippen LogP) is 1.68. The van der Waals surface area contributed by atoms with Crippen molar-refractivity contribution in [3.63, 3.8) is 0 Å². The van der Waals surface area contributed by atoms with E-state index in [9.17, 15) is 4.79 Å². The van der Waals surface area contributed by atoms with Crippen molar-refractivity contribution in [1.29, 1.82) is 5.26 Å². The first kappa shape index (κ1) is 14.2. The largest absolute Gasteiger partial charge is 0.493 e. The van der Waals surface area contributed by atoms with Crippen LogP contribution in [0, 0.1) is 11.3 Å². The minimum atomic E-state index is -0.326. The molecule has 6 nitrogen and oxygen atoms in total. The summed E-state index contributed by atoms with van der Waals surface area (Å²) in [6.07, 6.45) is 0. The fourth-order valence-corrected chi connectivity index (χ4v) is 2.13. The molecule has 2 rings (SSSR count). The number of benzene rings is 1. The van der Waals surface area contributed by atoms with E-state index in [1.807, 2.05) is 6.07 Å². The summed E-state index contributed by atoms with van der Waals surface area (Å²) in [6, 6.07) is 5.09. The number of aromatic nitrogens is 2. The highest BCUT2D eigenvalue weighted by atomic mass is 35.5. The summed E-state index contributed by atoms with van der Waals surface area (Å²) in [5, 5.41) is 9.15. The van der Waals surface area contributed by atoms with Crippen molar-refractivity contribution in [3.8, 4) is 17.6 Å². The SMILES string of the molecule is COc1cc2nc(CCl)n(CC#N)c(=O)c2cc1OC. The maximum atomic E-state index is 12.4. The van der Waals surface area contributed by atoms with Crippen LogP contribution < -0.4 is 15.0 Å². The fourth-order valence-electron chi connectivity index (χ4n) is 1.93. The average molecular weight is 294 g/mol. The van der Waals surface area contributed by atoms with Crippen LogP contribution in [-0.2, 0) is 12.4 Å². The van der Waals surface area contributed by atoms with Crippen LogP contribution in [0.2, 0.25) is 0 Å². The zero-order chi connectivity index (χ0) is 14.7. The summed E-state index contributed by atoms with van der Waals surface area (Å²) < 4.78 is 11.6. The van der Waals surface area contributed by atoms with Gasteiger partial charge < -0.3 is 9.47 Å². The molecule has 0 radical (unpaired) electrons. The Balaban J connectivity index is 2.84. The van der Waals surface area contributed by atoms with Crippen LogP contribution in [0.15, 0.2) is 16.9 Å². The highest BCUT2D eigenvalue weighted by Gasteiger charge is 2.14. The van der Waals surface area contributed by atoms with E-state index in [0.29, 0.717) is 28.2 Å². The topological polar surface area (TPSA) is 77.1 Å². The molecule has 0 fully saturated rings. The van der Waals surface area contributed by atoms with Crippen molar-refractivity contribution in [2.45, 2.75) is 12.4 Å². The maximum absolute atomic E-state index is 12.4. The Labute approximate surface area is 120 Å². The van der Waals surface area contributed by atoms with E-state index >= 15 is 0 Å². The number of halogens is 1. The molecule has 0 spiro atoms. The van der Waals surface area contributed by atoms with Crippen molar-refractivity contribution in [2.24, 2.45) is 0 Å². The Kier molecular flexibility index (Phi) is 4.11. The molecule has 0 bridgehead atoms. The molecule has 0 unspecified atom stereocenters. The zero-order valence-corrected chi connectivity index (χ0v) is 11.8. The molecule has 0 atom stereocenters. The van der Waals surface area contributed by atoms with Crippen molar-refractivity contribution in [2.75, 3.05) is 14.2 Å². The van der Waals surface area contributed by atoms with Gasteiger partial charge in [-0.2, -0.15) is 5.26 Å². The van der Waals surface area contributed by atoms with Crippen LogP contribution in [-0.4, -0.2) is 23.8 Å². The lowest BCUT2D eigenvalue weighted by Crippen LogP contribution is -2.24. The van der Waals surface area contributed by atoms with Crippen LogP contribution in [0.3, 0.4) is 0 Å². The number of nitriles is 1. The number of rotatable bonds is 4. The van der Waals surface area contributed by atoms with E-state index in [1.165, 1.54) is 18.8 Å². The summed E-state index contributed by atoms with van der Waals surface area (Å²) in [7, 11) is 2.99. The van der Waals surface area contributed by atoms with E-state index < -0.39 is 0 Å². The van der Waals surface area contributed by atoms with Gasteiger partial charge in [-0.25, -0.2) is 4.98 Å². The fraction of sp³-hybridized carbons (Fsp3) is 0.308. The van der Waals surface area contributed by atoms with Crippen LogP contribution in [0.4, 0.5) is 0 Å². The second-order valence-corrected chi connectivity index (χ2v) is 4.20. The lowest BCUT2D eigenvalue weighted by Gasteiger charge is -2.11. The van der Waals surface area contributed by atoms with Gasteiger partial charge in [0.25, 0.3) is 5.56 Å². The number of ether oxygens (including phenoxy) is 2. The summed E-state index contributed by atoms with van der Waals surface area (Å²) in [4.78, 5) is 16.7. The third-order valence-electron chi connectivity index (χ3n) is 2.89. The first-order valence-electron chi connectivity index (χ1n) is 5.74. The van der Waals surface area contributed by atoms with Gasteiger partial charge in [0.1, 0.15) is 12.4 Å². The van der Waals surface area contributed by atoms with Crippen molar-refractivity contribution in [3.05, 3.63) is 28.3 Å². The number of alkyl halides is 1.